The molecule has 0 saturated carbocycles. The van der Waals surface area contributed by atoms with Gasteiger partial charge in [0.05, 0.1) is 5.56 Å². The van der Waals surface area contributed by atoms with Crippen molar-refractivity contribution < 1.29 is 22.7 Å². The van der Waals surface area contributed by atoms with E-state index in [2.05, 4.69) is 10.3 Å². The molecule has 0 aliphatic rings. The van der Waals surface area contributed by atoms with Crippen LogP contribution in [0.25, 0.3) is 6.08 Å². The largest absolute Gasteiger partial charge is 0.489 e. The number of hydrogen-bond acceptors (Lipinski definition) is 5. The number of rotatable bonds is 8. The van der Waals surface area contributed by atoms with E-state index in [4.69, 9.17) is 16.3 Å². The first kappa shape index (κ1) is 26.9. The Kier molecular flexibility index (Phi) is 8.46. The molecule has 0 radical (unpaired) electrons. The molecule has 38 heavy (non-hydrogen) atoms. The van der Waals surface area contributed by atoms with Gasteiger partial charge in [0.15, 0.2) is 5.13 Å². The van der Waals surface area contributed by atoms with E-state index >= 15 is 0 Å². The zero-order chi connectivity index (χ0) is 27.1. The first-order valence-corrected chi connectivity index (χ1v) is 12.4. The van der Waals surface area contributed by atoms with Crippen molar-refractivity contribution in [3.63, 3.8) is 0 Å². The molecule has 4 rings (SSSR count). The number of nitriles is 1. The third-order valence-corrected chi connectivity index (χ3v) is 6.60. The number of halogens is 4. The summed E-state index contributed by atoms with van der Waals surface area (Å²) < 4.78 is 44.8. The van der Waals surface area contributed by atoms with Gasteiger partial charge in [0.25, 0.3) is 5.91 Å². The highest BCUT2D eigenvalue weighted by Gasteiger charge is 2.31. The number of thiazole rings is 1. The summed E-state index contributed by atoms with van der Waals surface area (Å²) in [6, 6.07) is 21.6. The first-order valence-electron chi connectivity index (χ1n) is 11.2. The smallest absolute Gasteiger partial charge is 0.416 e. The Balaban J connectivity index is 1.38. The molecule has 192 valence electrons. The summed E-state index contributed by atoms with van der Waals surface area (Å²) in [7, 11) is 0. The van der Waals surface area contributed by atoms with Gasteiger partial charge < -0.3 is 4.74 Å². The van der Waals surface area contributed by atoms with Crippen LogP contribution in [0.2, 0.25) is 5.02 Å². The lowest BCUT2D eigenvalue weighted by Gasteiger charge is -2.09. The van der Waals surface area contributed by atoms with Crippen LogP contribution < -0.4 is 10.1 Å². The lowest BCUT2D eigenvalue weighted by Crippen LogP contribution is -2.13. The van der Waals surface area contributed by atoms with Crippen molar-refractivity contribution >= 4 is 40.1 Å². The summed E-state index contributed by atoms with van der Waals surface area (Å²) in [4.78, 5) is 17.3. The third kappa shape index (κ3) is 7.22. The van der Waals surface area contributed by atoms with Crippen molar-refractivity contribution in [1.29, 1.82) is 5.26 Å². The topological polar surface area (TPSA) is 75.0 Å². The van der Waals surface area contributed by atoms with Crippen LogP contribution in [-0.4, -0.2) is 10.9 Å². The van der Waals surface area contributed by atoms with E-state index in [0.717, 1.165) is 29.0 Å². The first-order chi connectivity index (χ1) is 18.2. The minimum absolute atomic E-state index is 0.107. The van der Waals surface area contributed by atoms with Crippen LogP contribution in [0, 0.1) is 11.3 Å². The molecule has 0 aliphatic carbocycles. The minimum atomic E-state index is -4.48. The standard InChI is InChI=1S/C28H19ClF3N3O2S/c29-25-11-8-22(28(30,31)32)13-20(25)14-24-16-34-27(38-24)35-26(36)21(15-33)12-18-6-9-23(10-7-18)37-17-19-4-2-1-3-5-19/h1-13,16H,14,17H2,(H,34,35,36)/b21-12+. The zero-order valence-electron chi connectivity index (χ0n) is 19.6. The van der Waals surface area contributed by atoms with Gasteiger partial charge >= 0.3 is 6.18 Å². The molecule has 1 amide bonds. The van der Waals surface area contributed by atoms with Crippen molar-refractivity contribution in [2.45, 2.75) is 19.2 Å². The molecule has 0 aliphatic heterocycles. The molecule has 4 aromatic rings. The normalized spacial score (nSPS) is 11.6. The quantitative estimate of drug-likeness (QED) is 0.181. The Labute approximate surface area is 225 Å². The maximum absolute atomic E-state index is 13.0. The van der Waals surface area contributed by atoms with E-state index in [-0.39, 0.29) is 27.7 Å². The molecule has 0 spiro atoms. The maximum atomic E-state index is 13.0. The predicted octanol–water partition coefficient (Wildman–Crippen LogP) is 7.53. The number of hydrogen-bond donors (Lipinski definition) is 1. The number of ether oxygens (including phenoxy) is 1. The molecule has 1 aromatic heterocycles. The molecular weight excluding hydrogens is 535 g/mol. The molecule has 0 unspecified atom stereocenters. The Morgan fingerprint density at radius 1 is 1.11 bits per heavy atom. The van der Waals surface area contributed by atoms with Gasteiger partial charge in [-0.1, -0.05) is 54.1 Å². The molecule has 5 nitrogen and oxygen atoms in total. The van der Waals surface area contributed by atoms with Gasteiger partial charge in [-0.15, -0.1) is 11.3 Å². The average molecular weight is 554 g/mol. The van der Waals surface area contributed by atoms with Crippen LogP contribution in [0.3, 0.4) is 0 Å². The SMILES string of the molecule is N#C/C(=C\c1ccc(OCc2ccccc2)cc1)C(=O)Nc1ncc(Cc2cc(C(F)(F)F)ccc2Cl)s1. The van der Waals surface area contributed by atoms with E-state index in [1.807, 2.05) is 36.4 Å². The van der Waals surface area contributed by atoms with E-state index in [1.54, 1.807) is 24.3 Å². The number of benzene rings is 3. The van der Waals surface area contributed by atoms with E-state index < -0.39 is 17.6 Å². The highest BCUT2D eigenvalue weighted by atomic mass is 35.5. The maximum Gasteiger partial charge on any atom is 0.416 e. The highest BCUT2D eigenvalue weighted by Crippen LogP contribution is 2.33. The minimum Gasteiger partial charge on any atom is -0.489 e. The predicted molar refractivity (Wildman–Crippen MR) is 141 cm³/mol. The number of anilines is 1. The summed E-state index contributed by atoms with van der Waals surface area (Å²) in [5, 5.41) is 12.5. The van der Waals surface area contributed by atoms with Gasteiger partial charge in [-0.05, 0) is 53.1 Å². The number of carbonyl (C=O) groups excluding carboxylic acids is 1. The van der Waals surface area contributed by atoms with Crippen molar-refractivity contribution in [1.82, 2.24) is 4.98 Å². The van der Waals surface area contributed by atoms with Crippen molar-refractivity contribution in [3.05, 3.63) is 117 Å². The van der Waals surface area contributed by atoms with Crippen LogP contribution in [0.1, 0.15) is 27.1 Å². The van der Waals surface area contributed by atoms with Gasteiger partial charge in [-0.3, -0.25) is 10.1 Å². The van der Waals surface area contributed by atoms with Gasteiger partial charge in [-0.25, -0.2) is 4.98 Å². The second kappa shape index (κ2) is 11.9. The van der Waals surface area contributed by atoms with E-state index in [0.29, 0.717) is 22.8 Å². The highest BCUT2D eigenvalue weighted by molar-refractivity contribution is 7.15. The lowest BCUT2D eigenvalue weighted by atomic mass is 10.1. The van der Waals surface area contributed by atoms with Crippen LogP contribution in [0.4, 0.5) is 18.3 Å². The lowest BCUT2D eigenvalue weighted by molar-refractivity contribution is -0.137. The van der Waals surface area contributed by atoms with E-state index in [9.17, 15) is 23.2 Å². The summed E-state index contributed by atoms with van der Waals surface area (Å²) in [5.74, 6) is -0.0138. The van der Waals surface area contributed by atoms with Gasteiger partial charge in [0.1, 0.15) is 24.0 Å². The van der Waals surface area contributed by atoms with Crippen LogP contribution in [0.15, 0.2) is 84.6 Å². The van der Waals surface area contributed by atoms with Crippen molar-refractivity contribution in [2.75, 3.05) is 5.32 Å². The van der Waals surface area contributed by atoms with Crippen molar-refractivity contribution in [2.24, 2.45) is 0 Å². The molecule has 1 heterocycles. The summed E-state index contributed by atoms with van der Waals surface area (Å²) in [5.41, 5.74) is 1.01. The fraction of sp³-hybridized carbons (Fsp3) is 0.107. The number of alkyl halides is 3. The molecule has 0 saturated heterocycles. The monoisotopic (exact) mass is 553 g/mol. The molecule has 1 N–H and O–H groups in total. The van der Waals surface area contributed by atoms with Crippen LogP contribution in [0.5, 0.6) is 5.75 Å². The Morgan fingerprint density at radius 2 is 1.84 bits per heavy atom. The van der Waals surface area contributed by atoms with Crippen molar-refractivity contribution in [3.8, 4) is 11.8 Å². The summed E-state index contributed by atoms with van der Waals surface area (Å²) in [6.45, 7) is 0.414. The molecular formula is C28H19ClF3N3O2S. The Morgan fingerprint density at radius 3 is 2.53 bits per heavy atom. The summed E-state index contributed by atoms with van der Waals surface area (Å²) in [6.07, 6.45) is -1.49. The average Bonchev–Trinajstić information content (AvgIpc) is 3.34. The number of amides is 1. The van der Waals surface area contributed by atoms with Crippen LogP contribution in [-0.2, 0) is 24.0 Å². The van der Waals surface area contributed by atoms with Gasteiger partial charge in [0.2, 0.25) is 0 Å². The zero-order valence-corrected chi connectivity index (χ0v) is 21.2. The number of aromatic nitrogens is 1. The van der Waals surface area contributed by atoms with Crippen LogP contribution >= 0.6 is 22.9 Å². The fourth-order valence-corrected chi connectivity index (χ4v) is 4.42. The van der Waals surface area contributed by atoms with Gasteiger partial charge in [-0.2, -0.15) is 18.4 Å². The van der Waals surface area contributed by atoms with Gasteiger partial charge in [0, 0.05) is 22.5 Å². The second-order valence-electron chi connectivity index (χ2n) is 8.08. The fourth-order valence-electron chi connectivity index (χ4n) is 3.40. The Bertz CT molecular complexity index is 1490. The second-order valence-corrected chi connectivity index (χ2v) is 9.60. The molecule has 10 heteroatoms. The molecule has 0 atom stereocenters. The van der Waals surface area contributed by atoms with E-state index in [1.165, 1.54) is 18.3 Å². The molecule has 0 fully saturated rings. The Hall–Kier alpha value is -4.13. The summed E-state index contributed by atoms with van der Waals surface area (Å²) >= 11 is 7.16. The third-order valence-electron chi connectivity index (χ3n) is 5.32. The number of nitrogens with one attached hydrogen (secondary N) is 1. The number of carbonyl (C=O) groups is 1. The molecule has 0 bridgehead atoms. The molecule has 3 aromatic carbocycles. The number of nitrogens with zero attached hydrogens (tertiary/aromatic N) is 2.